The SMILES string of the molecule is CC(C(=O)OC(C)(C)CCO)C(C)(C)C. The predicted octanol–water partition coefficient (Wildman–Crippen LogP) is 2.37. The molecule has 90 valence electrons. The Kier molecular flexibility index (Phi) is 4.78. The van der Waals surface area contributed by atoms with Crippen molar-refractivity contribution < 1.29 is 14.6 Å². The minimum atomic E-state index is -0.578. The van der Waals surface area contributed by atoms with Gasteiger partial charge >= 0.3 is 5.97 Å². The van der Waals surface area contributed by atoms with Crippen molar-refractivity contribution >= 4 is 5.97 Å². The Balaban J connectivity index is 4.37. The minimum absolute atomic E-state index is 0.0319. The van der Waals surface area contributed by atoms with E-state index in [4.69, 9.17) is 9.84 Å². The molecule has 0 heterocycles. The maximum Gasteiger partial charge on any atom is 0.309 e. The number of hydrogen-bond acceptors (Lipinski definition) is 3. The molecule has 0 saturated heterocycles. The number of esters is 1. The van der Waals surface area contributed by atoms with Crippen molar-refractivity contribution in [1.29, 1.82) is 0 Å². The lowest BCUT2D eigenvalue weighted by Gasteiger charge is -2.31. The second kappa shape index (κ2) is 4.97. The van der Waals surface area contributed by atoms with Crippen molar-refractivity contribution in [3.63, 3.8) is 0 Å². The molecule has 0 radical (unpaired) electrons. The molecule has 15 heavy (non-hydrogen) atoms. The van der Waals surface area contributed by atoms with Crippen molar-refractivity contribution in [2.75, 3.05) is 6.61 Å². The monoisotopic (exact) mass is 216 g/mol. The van der Waals surface area contributed by atoms with Crippen LogP contribution in [0.4, 0.5) is 0 Å². The van der Waals surface area contributed by atoms with Gasteiger partial charge in [-0.05, 0) is 19.3 Å². The number of carbonyl (C=O) groups excluding carboxylic acids is 1. The second-order valence-electron chi connectivity index (χ2n) is 5.74. The molecule has 0 aliphatic heterocycles. The smallest absolute Gasteiger partial charge is 0.309 e. The molecule has 0 aromatic heterocycles. The van der Waals surface area contributed by atoms with Gasteiger partial charge in [0.25, 0.3) is 0 Å². The van der Waals surface area contributed by atoms with E-state index in [1.54, 1.807) is 0 Å². The summed E-state index contributed by atoms with van der Waals surface area (Å²) in [5.41, 5.74) is -0.669. The Bertz CT molecular complexity index is 213. The predicted molar refractivity (Wildman–Crippen MR) is 60.5 cm³/mol. The first-order valence-electron chi connectivity index (χ1n) is 5.44. The van der Waals surface area contributed by atoms with Crippen molar-refractivity contribution in [2.24, 2.45) is 11.3 Å². The molecule has 0 spiro atoms. The van der Waals surface area contributed by atoms with Crippen molar-refractivity contribution in [2.45, 2.75) is 53.6 Å². The highest BCUT2D eigenvalue weighted by Gasteiger charge is 2.32. The quantitative estimate of drug-likeness (QED) is 0.734. The third-order valence-electron chi connectivity index (χ3n) is 2.74. The van der Waals surface area contributed by atoms with Crippen LogP contribution in [-0.4, -0.2) is 23.3 Å². The molecule has 0 fully saturated rings. The summed E-state index contributed by atoms with van der Waals surface area (Å²) in [6.45, 7) is 11.6. The summed E-state index contributed by atoms with van der Waals surface area (Å²) in [5.74, 6) is -0.337. The van der Waals surface area contributed by atoms with Gasteiger partial charge in [0, 0.05) is 13.0 Å². The van der Waals surface area contributed by atoms with Gasteiger partial charge in [0.1, 0.15) is 5.60 Å². The van der Waals surface area contributed by atoms with Crippen molar-refractivity contribution in [3.05, 3.63) is 0 Å². The summed E-state index contributed by atoms with van der Waals surface area (Å²) >= 11 is 0. The third kappa shape index (κ3) is 5.17. The van der Waals surface area contributed by atoms with E-state index in [-0.39, 0.29) is 23.9 Å². The average molecular weight is 216 g/mol. The summed E-state index contributed by atoms with van der Waals surface area (Å²) < 4.78 is 5.37. The van der Waals surface area contributed by atoms with Gasteiger partial charge in [-0.25, -0.2) is 0 Å². The molecular weight excluding hydrogens is 192 g/mol. The number of ether oxygens (including phenoxy) is 1. The van der Waals surface area contributed by atoms with E-state index in [1.807, 2.05) is 41.5 Å². The Morgan fingerprint density at radius 1 is 1.27 bits per heavy atom. The van der Waals surface area contributed by atoms with E-state index >= 15 is 0 Å². The van der Waals surface area contributed by atoms with Crippen LogP contribution in [0.3, 0.4) is 0 Å². The number of hydrogen-bond donors (Lipinski definition) is 1. The molecular formula is C12H24O3. The lowest BCUT2D eigenvalue weighted by molar-refractivity contribution is -0.165. The van der Waals surface area contributed by atoms with Crippen LogP contribution < -0.4 is 0 Å². The number of carbonyl (C=O) groups is 1. The van der Waals surface area contributed by atoms with Crippen LogP contribution in [0.1, 0.15) is 48.0 Å². The van der Waals surface area contributed by atoms with Gasteiger partial charge in [-0.3, -0.25) is 4.79 Å². The van der Waals surface area contributed by atoms with Crippen LogP contribution in [0.2, 0.25) is 0 Å². The fourth-order valence-corrected chi connectivity index (χ4v) is 1.03. The van der Waals surface area contributed by atoms with E-state index in [1.165, 1.54) is 0 Å². The molecule has 3 nitrogen and oxygen atoms in total. The zero-order chi connectivity index (χ0) is 12.3. The summed E-state index contributed by atoms with van der Waals surface area (Å²) in [6, 6.07) is 0. The first-order valence-corrected chi connectivity index (χ1v) is 5.44. The average Bonchev–Trinajstić information content (AvgIpc) is 1.99. The Morgan fingerprint density at radius 2 is 1.73 bits per heavy atom. The van der Waals surface area contributed by atoms with Crippen LogP contribution in [0.15, 0.2) is 0 Å². The first-order chi connectivity index (χ1) is 6.60. The van der Waals surface area contributed by atoms with E-state index in [0.29, 0.717) is 6.42 Å². The van der Waals surface area contributed by atoms with Crippen LogP contribution in [0.25, 0.3) is 0 Å². The summed E-state index contributed by atoms with van der Waals surface area (Å²) in [5, 5.41) is 8.82. The number of rotatable bonds is 4. The van der Waals surface area contributed by atoms with Gasteiger partial charge in [-0.2, -0.15) is 0 Å². The van der Waals surface area contributed by atoms with Gasteiger partial charge in [-0.1, -0.05) is 27.7 Å². The molecule has 0 saturated carbocycles. The Labute approximate surface area is 92.8 Å². The van der Waals surface area contributed by atoms with Crippen molar-refractivity contribution in [3.8, 4) is 0 Å². The van der Waals surface area contributed by atoms with E-state index in [9.17, 15) is 4.79 Å². The van der Waals surface area contributed by atoms with Gasteiger partial charge < -0.3 is 9.84 Å². The largest absolute Gasteiger partial charge is 0.459 e. The maximum atomic E-state index is 11.8. The summed E-state index contributed by atoms with van der Waals surface area (Å²) in [6.07, 6.45) is 0.468. The molecule has 3 heteroatoms. The standard InChI is InChI=1S/C12H24O3/c1-9(11(2,3)4)10(14)15-12(5,6)7-8-13/h9,13H,7-8H2,1-6H3. The molecule has 1 atom stereocenters. The van der Waals surface area contributed by atoms with Crippen LogP contribution in [0.5, 0.6) is 0 Å². The zero-order valence-corrected chi connectivity index (χ0v) is 10.8. The molecule has 0 amide bonds. The van der Waals surface area contributed by atoms with E-state index < -0.39 is 5.60 Å². The molecule has 0 aromatic rings. The molecule has 0 aliphatic rings. The van der Waals surface area contributed by atoms with Crippen molar-refractivity contribution in [1.82, 2.24) is 0 Å². The van der Waals surface area contributed by atoms with Gasteiger partial charge in [0.05, 0.1) is 5.92 Å². The summed E-state index contributed by atoms with van der Waals surface area (Å²) in [4.78, 5) is 11.8. The molecule has 0 aromatic carbocycles. The summed E-state index contributed by atoms with van der Waals surface area (Å²) in [7, 11) is 0. The van der Waals surface area contributed by atoms with Gasteiger partial charge in [-0.15, -0.1) is 0 Å². The lowest BCUT2D eigenvalue weighted by Crippen LogP contribution is -2.35. The molecule has 0 bridgehead atoms. The normalized spacial score (nSPS) is 14.9. The highest BCUT2D eigenvalue weighted by Crippen LogP contribution is 2.28. The molecule has 0 rings (SSSR count). The van der Waals surface area contributed by atoms with Gasteiger partial charge in [0.2, 0.25) is 0 Å². The molecule has 1 N–H and O–H groups in total. The highest BCUT2D eigenvalue weighted by molar-refractivity contribution is 5.73. The lowest BCUT2D eigenvalue weighted by atomic mass is 9.82. The fraction of sp³-hybridized carbons (Fsp3) is 0.917. The van der Waals surface area contributed by atoms with E-state index in [2.05, 4.69) is 0 Å². The third-order valence-corrected chi connectivity index (χ3v) is 2.74. The Hall–Kier alpha value is -0.570. The minimum Gasteiger partial charge on any atom is -0.459 e. The number of aliphatic hydroxyl groups is 1. The van der Waals surface area contributed by atoms with E-state index in [0.717, 1.165) is 0 Å². The second-order valence-corrected chi connectivity index (χ2v) is 5.74. The molecule has 1 unspecified atom stereocenters. The molecule has 0 aliphatic carbocycles. The maximum absolute atomic E-state index is 11.8. The van der Waals surface area contributed by atoms with Gasteiger partial charge in [0.15, 0.2) is 0 Å². The topological polar surface area (TPSA) is 46.5 Å². The zero-order valence-electron chi connectivity index (χ0n) is 10.8. The first kappa shape index (κ1) is 14.4. The fourth-order valence-electron chi connectivity index (χ4n) is 1.03. The number of aliphatic hydroxyl groups excluding tert-OH is 1. The van der Waals surface area contributed by atoms with Crippen LogP contribution in [0, 0.1) is 11.3 Å². The Morgan fingerprint density at radius 3 is 2.07 bits per heavy atom. The highest BCUT2D eigenvalue weighted by atomic mass is 16.6. The van der Waals surface area contributed by atoms with Crippen LogP contribution in [-0.2, 0) is 9.53 Å². The van der Waals surface area contributed by atoms with Crippen LogP contribution >= 0.6 is 0 Å².